The minimum Gasteiger partial charge on any atom is -0.490 e. The molecule has 12 heteroatoms. The van der Waals surface area contributed by atoms with Gasteiger partial charge in [0.15, 0.2) is 28.7 Å². The van der Waals surface area contributed by atoms with E-state index in [0.29, 0.717) is 55.4 Å². The molecular formula is C27H23BrClN3O6S. The molecule has 9 nitrogen and oxygen atoms in total. The van der Waals surface area contributed by atoms with Crippen molar-refractivity contribution in [1.29, 1.82) is 5.26 Å². The maximum atomic E-state index is 13.8. The van der Waals surface area contributed by atoms with Crippen molar-refractivity contribution in [3.63, 3.8) is 0 Å². The minimum absolute atomic E-state index is 0.157. The smallest absolute Gasteiger partial charge is 0.337 e. The van der Waals surface area contributed by atoms with Crippen LogP contribution in [0.5, 0.6) is 17.2 Å². The number of benzene rings is 2. The highest BCUT2D eigenvalue weighted by atomic mass is 79.9. The number of nitrogens with zero attached hydrogens (tertiary/aromatic N) is 3. The summed E-state index contributed by atoms with van der Waals surface area (Å²) in [7, 11) is 1.28. The van der Waals surface area contributed by atoms with Gasteiger partial charge in [0.05, 0.1) is 46.0 Å². The highest BCUT2D eigenvalue weighted by molar-refractivity contribution is 9.10. The summed E-state index contributed by atoms with van der Waals surface area (Å²) in [6, 6.07) is 9.76. The molecule has 4 rings (SSSR count). The Balaban J connectivity index is 1.87. The molecule has 0 aliphatic carbocycles. The molecule has 2 heterocycles. The van der Waals surface area contributed by atoms with Crippen LogP contribution in [0.25, 0.3) is 6.08 Å². The summed E-state index contributed by atoms with van der Waals surface area (Å²) in [4.78, 5) is 31.3. The van der Waals surface area contributed by atoms with Crippen molar-refractivity contribution in [2.75, 3.05) is 26.9 Å². The summed E-state index contributed by atoms with van der Waals surface area (Å²) < 4.78 is 24.2. The number of halogens is 2. The Kier molecular flexibility index (Phi) is 9.12. The van der Waals surface area contributed by atoms with E-state index in [1.165, 1.54) is 29.2 Å². The van der Waals surface area contributed by atoms with Crippen LogP contribution in [0, 0.1) is 11.3 Å². The minimum atomic E-state index is -0.803. The topological polar surface area (TPSA) is 112 Å². The van der Waals surface area contributed by atoms with Gasteiger partial charge in [0, 0.05) is 6.20 Å². The van der Waals surface area contributed by atoms with Crippen molar-refractivity contribution in [2.24, 2.45) is 4.99 Å². The van der Waals surface area contributed by atoms with Crippen LogP contribution in [0.2, 0.25) is 5.02 Å². The van der Waals surface area contributed by atoms with Gasteiger partial charge in [-0.05, 0) is 71.2 Å². The van der Waals surface area contributed by atoms with Crippen LogP contribution >= 0.6 is 38.9 Å². The first-order valence-electron chi connectivity index (χ1n) is 11.8. The van der Waals surface area contributed by atoms with Crippen molar-refractivity contribution in [3.05, 3.63) is 82.4 Å². The summed E-state index contributed by atoms with van der Waals surface area (Å²) >= 11 is 10.9. The summed E-state index contributed by atoms with van der Waals surface area (Å²) in [5.41, 5.74) is 1.12. The van der Waals surface area contributed by atoms with Gasteiger partial charge in [-0.3, -0.25) is 9.36 Å². The number of nitriles is 1. The molecule has 0 N–H and O–H groups in total. The Hall–Kier alpha value is -3.59. The second kappa shape index (κ2) is 12.5. The van der Waals surface area contributed by atoms with Gasteiger partial charge in [0.1, 0.15) is 6.07 Å². The van der Waals surface area contributed by atoms with Crippen LogP contribution in [0.15, 0.2) is 56.4 Å². The predicted molar refractivity (Wildman–Crippen MR) is 150 cm³/mol. The fraction of sp³-hybridized carbons (Fsp3) is 0.259. The van der Waals surface area contributed by atoms with Gasteiger partial charge in [0.2, 0.25) is 0 Å². The molecule has 0 unspecified atom stereocenters. The molecule has 0 saturated heterocycles. The lowest BCUT2D eigenvalue weighted by Gasteiger charge is -2.23. The predicted octanol–water partition coefficient (Wildman–Crippen LogP) is 4.13. The average Bonchev–Trinajstić information content (AvgIpc) is 3.23. The van der Waals surface area contributed by atoms with Crippen molar-refractivity contribution in [3.8, 4) is 23.3 Å². The number of hydrogen-bond donors (Lipinski definition) is 0. The van der Waals surface area contributed by atoms with Crippen LogP contribution in [0.4, 0.5) is 0 Å². The zero-order valence-electron chi connectivity index (χ0n) is 21.2. The lowest BCUT2D eigenvalue weighted by atomic mass is 9.97. The molecule has 0 radical (unpaired) electrons. The fourth-order valence-electron chi connectivity index (χ4n) is 4.04. The second-order valence-electron chi connectivity index (χ2n) is 8.01. The first-order valence-corrected chi connectivity index (χ1v) is 13.8. The molecular weight excluding hydrogens is 610 g/mol. The Morgan fingerprint density at radius 3 is 2.62 bits per heavy atom. The molecule has 0 bridgehead atoms. The Bertz CT molecular complexity index is 1650. The molecule has 202 valence electrons. The van der Waals surface area contributed by atoms with E-state index in [4.69, 9.17) is 35.8 Å². The van der Waals surface area contributed by atoms with E-state index in [-0.39, 0.29) is 22.8 Å². The third kappa shape index (κ3) is 5.88. The average molecular weight is 633 g/mol. The maximum absolute atomic E-state index is 13.8. The maximum Gasteiger partial charge on any atom is 0.337 e. The monoisotopic (exact) mass is 631 g/mol. The molecule has 1 aliphatic heterocycles. The van der Waals surface area contributed by atoms with Gasteiger partial charge < -0.3 is 18.9 Å². The van der Waals surface area contributed by atoms with Gasteiger partial charge >= 0.3 is 5.97 Å². The molecule has 2 aromatic carbocycles. The van der Waals surface area contributed by atoms with E-state index in [1.54, 1.807) is 36.4 Å². The van der Waals surface area contributed by atoms with E-state index in [9.17, 15) is 9.59 Å². The summed E-state index contributed by atoms with van der Waals surface area (Å²) in [5.74, 6) is 0.788. The lowest BCUT2D eigenvalue weighted by molar-refractivity contribution is -0.136. The zero-order chi connectivity index (χ0) is 28.1. The van der Waals surface area contributed by atoms with Gasteiger partial charge in [-0.25, -0.2) is 9.79 Å². The Morgan fingerprint density at radius 2 is 1.95 bits per heavy atom. The van der Waals surface area contributed by atoms with Crippen molar-refractivity contribution < 1.29 is 23.7 Å². The van der Waals surface area contributed by atoms with E-state index in [2.05, 4.69) is 20.9 Å². The zero-order valence-corrected chi connectivity index (χ0v) is 24.4. The summed E-state index contributed by atoms with van der Waals surface area (Å²) in [6.45, 7) is 4.43. The second-order valence-corrected chi connectivity index (χ2v) is 10.3. The Labute approximate surface area is 241 Å². The number of hydrogen-bond acceptors (Lipinski definition) is 9. The van der Waals surface area contributed by atoms with Crippen LogP contribution in [0.3, 0.4) is 0 Å². The largest absolute Gasteiger partial charge is 0.490 e. The van der Waals surface area contributed by atoms with Crippen LogP contribution in [-0.4, -0.2) is 37.5 Å². The van der Waals surface area contributed by atoms with Crippen molar-refractivity contribution >= 4 is 50.9 Å². The van der Waals surface area contributed by atoms with E-state index < -0.39 is 12.0 Å². The molecule has 39 heavy (non-hydrogen) atoms. The number of esters is 1. The van der Waals surface area contributed by atoms with E-state index in [1.807, 2.05) is 19.9 Å². The quantitative estimate of drug-likeness (QED) is 0.326. The number of rotatable bonds is 9. The number of fused-ring (bicyclic) bond motifs is 1. The molecule has 0 saturated carbocycles. The fourth-order valence-corrected chi connectivity index (χ4v) is 6.00. The highest BCUT2D eigenvalue weighted by Gasteiger charge is 2.31. The van der Waals surface area contributed by atoms with Crippen LogP contribution < -0.4 is 29.1 Å². The molecule has 0 spiro atoms. The standard InChI is InChI=1S/C27H23BrClN3O6S/c1-4-36-20-7-6-16(13-21(20)37-5-2)23-17(26(34)35-3)14-31-27-32(23)25(33)22(39-27)12-15-10-18(28)24(19(29)11-15)38-9-8-30/h6-7,10-14,23H,4-5,9H2,1-3H3/b22-12-/t23-/m0/s1. The molecule has 1 aliphatic rings. The highest BCUT2D eigenvalue weighted by Crippen LogP contribution is 2.36. The van der Waals surface area contributed by atoms with Gasteiger partial charge in [0.25, 0.3) is 5.56 Å². The molecule has 0 amide bonds. The third-order valence-electron chi connectivity index (χ3n) is 5.61. The molecule has 1 aromatic heterocycles. The number of carbonyl (C=O) groups excluding carboxylic acids is 1. The van der Waals surface area contributed by atoms with Crippen LogP contribution in [-0.2, 0) is 9.53 Å². The normalized spacial score (nSPS) is 14.5. The molecule has 1 atom stereocenters. The van der Waals surface area contributed by atoms with Gasteiger partial charge in [-0.1, -0.05) is 29.0 Å². The van der Waals surface area contributed by atoms with E-state index in [0.717, 1.165) is 0 Å². The number of carbonyl (C=O) groups is 1. The van der Waals surface area contributed by atoms with Gasteiger partial charge in [-0.2, -0.15) is 5.26 Å². The number of ether oxygens (including phenoxy) is 4. The molecule has 0 fully saturated rings. The van der Waals surface area contributed by atoms with Gasteiger partial charge in [-0.15, -0.1) is 0 Å². The number of methoxy groups -OCH3 is 1. The van der Waals surface area contributed by atoms with Crippen molar-refractivity contribution in [2.45, 2.75) is 19.9 Å². The summed E-state index contributed by atoms with van der Waals surface area (Å²) in [6.07, 6.45) is 3.11. The van der Waals surface area contributed by atoms with Crippen molar-refractivity contribution in [1.82, 2.24) is 4.57 Å². The lowest BCUT2D eigenvalue weighted by Crippen LogP contribution is -2.39. The molecule has 3 aromatic rings. The third-order valence-corrected chi connectivity index (χ3v) is 7.47. The van der Waals surface area contributed by atoms with Crippen LogP contribution in [0.1, 0.15) is 31.0 Å². The van der Waals surface area contributed by atoms with E-state index >= 15 is 0 Å². The summed E-state index contributed by atoms with van der Waals surface area (Å²) in [5, 5.41) is 9.07. The first-order chi connectivity index (χ1) is 18.8. The Morgan fingerprint density at radius 1 is 1.21 bits per heavy atom. The number of thiazole rings is 1. The SMILES string of the molecule is CCOc1ccc([C@H]2C(C(=O)OC)=CN=c3s/c(=C\c4cc(Cl)c(OCC#N)c(Br)c4)c(=O)n32)cc1OCC. The first kappa shape index (κ1) is 28.4. The number of aromatic nitrogens is 1.